The molecule has 33 heavy (non-hydrogen) atoms. The van der Waals surface area contributed by atoms with Gasteiger partial charge in [0.15, 0.2) is 5.11 Å². The molecule has 1 N–H and O–H groups in total. The van der Waals surface area contributed by atoms with Crippen LogP contribution in [0.2, 0.25) is 5.02 Å². The Kier molecular flexibility index (Phi) is 7.00. The fourth-order valence-electron chi connectivity index (χ4n) is 4.56. The van der Waals surface area contributed by atoms with Crippen LogP contribution in [0.3, 0.4) is 0 Å². The molecule has 1 saturated heterocycles. The predicted octanol–water partition coefficient (Wildman–Crippen LogP) is 5.07. The molecule has 1 aromatic carbocycles. The molecular weight excluding hydrogens is 456 g/mol. The van der Waals surface area contributed by atoms with Gasteiger partial charge in [0.1, 0.15) is 0 Å². The number of benzene rings is 1. The number of methoxy groups -OCH3 is 1. The number of halogens is 1. The fourth-order valence-corrected chi connectivity index (χ4v) is 5.01. The molecule has 0 amide bonds. The van der Waals surface area contributed by atoms with Crippen molar-refractivity contribution in [3.63, 3.8) is 0 Å². The molecular formula is C25H27ClN4O2S. The maximum Gasteiger partial charge on any atom is 0.305 e. The van der Waals surface area contributed by atoms with E-state index in [0.29, 0.717) is 29.5 Å². The third-order valence-corrected chi connectivity index (χ3v) is 6.68. The molecule has 4 rings (SSSR count). The van der Waals surface area contributed by atoms with Crippen LogP contribution in [0.1, 0.15) is 47.6 Å². The van der Waals surface area contributed by atoms with Crippen LogP contribution in [-0.4, -0.2) is 39.2 Å². The van der Waals surface area contributed by atoms with Crippen LogP contribution in [0.5, 0.6) is 0 Å². The molecule has 0 unspecified atom stereocenters. The average molecular weight is 483 g/mol. The summed E-state index contributed by atoms with van der Waals surface area (Å²) >= 11 is 11.9. The predicted molar refractivity (Wildman–Crippen MR) is 134 cm³/mol. The molecule has 0 spiro atoms. The number of thiocarbonyl (C=S) groups is 1. The molecule has 6 nitrogen and oxygen atoms in total. The van der Waals surface area contributed by atoms with E-state index in [-0.39, 0.29) is 18.1 Å². The smallest absolute Gasteiger partial charge is 0.305 e. The standard InChI is InChI=1S/C25H27ClN4O2S/c1-16-15-20(17(2)30(16)19-11-9-18(26)10-12-19)24-23(21-7-4-5-13-27-21)28-25(33)29(24)14-6-8-22(31)32-3/h4-5,7,9-13,15,23-24H,6,8,14H2,1-3H3,(H,28,33)/t23-,24+/m1/s1. The lowest BCUT2D eigenvalue weighted by atomic mass is 9.96. The minimum atomic E-state index is -0.216. The lowest BCUT2D eigenvalue weighted by Gasteiger charge is -2.28. The summed E-state index contributed by atoms with van der Waals surface area (Å²) in [6, 6.07) is 15.8. The second-order valence-corrected chi connectivity index (χ2v) is 8.96. The molecule has 0 aliphatic carbocycles. The van der Waals surface area contributed by atoms with Crippen molar-refractivity contribution >= 4 is 34.9 Å². The largest absolute Gasteiger partial charge is 0.469 e. The number of nitrogens with one attached hydrogen (secondary N) is 1. The normalized spacial score (nSPS) is 17.8. The Balaban J connectivity index is 1.74. The minimum absolute atomic E-state index is 0.0581. The molecule has 1 fully saturated rings. The Hall–Kier alpha value is -2.90. The summed E-state index contributed by atoms with van der Waals surface area (Å²) < 4.78 is 7.04. The van der Waals surface area contributed by atoms with Crippen molar-refractivity contribution in [2.24, 2.45) is 0 Å². The van der Waals surface area contributed by atoms with Gasteiger partial charge in [-0.15, -0.1) is 0 Å². The molecule has 3 heterocycles. The molecule has 0 saturated carbocycles. The van der Waals surface area contributed by atoms with Crippen molar-refractivity contribution in [2.45, 2.75) is 38.8 Å². The van der Waals surface area contributed by atoms with Crippen LogP contribution in [-0.2, 0) is 9.53 Å². The van der Waals surface area contributed by atoms with E-state index in [1.54, 1.807) is 6.20 Å². The lowest BCUT2D eigenvalue weighted by Crippen LogP contribution is -2.31. The Morgan fingerprint density at radius 2 is 1.97 bits per heavy atom. The average Bonchev–Trinajstić information content (AvgIpc) is 3.30. The van der Waals surface area contributed by atoms with E-state index in [4.69, 9.17) is 28.6 Å². The van der Waals surface area contributed by atoms with E-state index in [9.17, 15) is 4.79 Å². The maximum atomic E-state index is 11.7. The van der Waals surface area contributed by atoms with Crippen molar-refractivity contribution < 1.29 is 9.53 Å². The Morgan fingerprint density at radius 3 is 2.64 bits per heavy atom. The van der Waals surface area contributed by atoms with Crippen LogP contribution >= 0.6 is 23.8 Å². The third kappa shape index (κ3) is 4.75. The maximum absolute atomic E-state index is 11.7. The van der Waals surface area contributed by atoms with E-state index in [2.05, 4.69) is 39.7 Å². The first-order valence-corrected chi connectivity index (χ1v) is 11.7. The lowest BCUT2D eigenvalue weighted by molar-refractivity contribution is -0.140. The molecule has 2 atom stereocenters. The molecule has 1 aliphatic rings. The molecule has 1 aliphatic heterocycles. The minimum Gasteiger partial charge on any atom is -0.469 e. The first-order valence-electron chi connectivity index (χ1n) is 10.9. The second-order valence-electron chi connectivity index (χ2n) is 8.14. The first-order chi connectivity index (χ1) is 15.9. The molecule has 3 aromatic rings. The topological polar surface area (TPSA) is 59.4 Å². The number of hydrogen-bond donors (Lipinski definition) is 1. The zero-order chi connectivity index (χ0) is 23.5. The highest BCUT2D eigenvalue weighted by Crippen LogP contribution is 2.41. The van der Waals surface area contributed by atoms with E-state index in [1.165, 1.54) is 12.7 Å². The van der Waals surface area contributed by atoms with Gasteiger partial charge in [0.25, 0.3) is 0 Å². The summed E-state index contributed by atoms with van der Waals surface area (Å²) in [5.74, 6) is -0.216. The number of rotatable bonds is 7. The van der Waals surface area contributed by atoms with Gasteiger partial charge in [-0.05, 0) is 80.5 Å². The quantitative estimate of drug-likeness (QED) is 0.375. The fraction of sp³-hybridized carbons (Fsp3) is 0.320. The number of aromatic nitrogens is 2. The van der Waals surface area contributed by atoms with Crippen molar-refractivity contribution in [1.82, 2.24) is 19.8 Å². The Labute approximate surface area is 204 Å². The van der Waals surface area contributed by atoms with Gasteiger partial charge >= 0.3 is 5.97 Å². The number of carbonyl (C=O) groups is 1. The van der Waals surface area contributed by atoms with Gasteiger partial charge < -0.3 is 19.5 Å². The number of carbonyl (C=O) groups excluding carboxylic acids is 1. The second kappa shape index (κ2) is 9.93. The van der Waals surface area contributed by atoms with Crippen LogP contribution in [0.4, 0.5) is 0 Å². The molecule has 2 aromatic heterocycles. The first kappa shape index (κ1) is 23.3. The number of aryl methyl sites for hydroxylation is 1. The van der Waals surface area contributed by atoms with Crippen molar-refractivity contribution in [3.05, 3.63) is 82.4 Å². The van der Waals surface area contributed by atoms with E-state index in [1.807, 2.05) is 42.5 Å². The van der Waals surface area contributed by atoms with Gasteiger partial charge in [-0.2, -0.15) is 0 Å². The monoisotopic (exact) mass is 482 g/mol. The Morgan fingerprint density at radius 1 is 1.21 bits per heavy atom. The summed E-state index contributed by atoms with van der Waals surface area (Å²) in [5.41, 5.74) is 5.41. The molecule has 8 heteroatoms. The summed E-state index contributed by atoms with van der Waals surface area (Å²) in [7, 11) is 1.41. The van der Waals surface area contributed by atoms with Gasteiger partial charge in [0.05, 0.1) is 24.9 Å². The number of hydrogen-bond acceptors (Lipinski definition) is 4. The SMILES string of the molecule is COC(=O)CCCN1C(=S)N[C@H](c2ccccn2)[C@@H]1c1cc(C)n(-c2ccc(Cl)cc2)c1C. The zero-order valence-electron chi connectivity index (χ0n) is 18.9. The number of nitrogens with zero attached hydrogens (tertiary/aromatic N) is 3. The number of esters is 1. The highest BCUT2D eigenvalue weighted by Gasteiger charge is 2.41. The summed E-state index contributed by atoms with van der Waals surface area (Å²) in [4.78, 5) is 18.5. The number of pyridine rings is 1. The van der Waals surface area contributed by atoms with Crippen LogP contribution in [0, 0.1) is 13.8 Å². The highest BCUT2D eigenvalue weighted by atomic mass is 35.5. The summed E-state index contributed by atoms with van der Waals surface area (Å²) in [6.07, 6.45) is 2.80. The highest BCUT2D eigenvalue weighted by molar-refractivity contribution is 7.80. The summed E-state index contributed by atoms with van der Waals surface area (Å²) in [5, 5.41) is 4.85. The van der Waals surface area contributed by atoms with E-state index < -0.39 is 0 Å². The van der Waals surface area contributed by atoms with Gasteiger partial charge in [0.2, 0.25) is 0 Å². The molecule has 0 radical (unpaired) electrons. The van der Waals surface area contributed by atoms with Crippen molar-refractivity contribution in [3.8, 4) is 5.69 Å². The molecule has 172 valence electrons. The van der Waals surface area contributed by atoms with Crippen LogP contribution in [0.15, 0.2) is 54.7 Å². The van der Waals surface area contributed by atoms with Gasteiger partial charge in [-0.3, -0.25) is 9.78 Å². The van der Waals surface area contributed by atoms with E-state index >= 15 is 0 Å². The van der Waals surface area contributed by atoms with Crippen LogP contribution in [0.25, 0.3) is 5.69 Å². The summed E-state index contributed by atoms with van der Waals surface area (Å²) in [6.45, 7) is 4.86. The van der Waals surface area contributed by atoms with Crippen LogP contribution < -0.4 is 5.32 Å². The van der Waals surface area contributed by atoms with E-state index in [0.717, 1.165) is 22.8 Å². The molecule has 0 bridgehead atoms. The third-order valence-electron chi connectivity index (χ3n) is 6.08. The van der Waals surface area contributed by atoms with Gasteiger partial charge in [0, 0.05) is 41.3 Å². The van der Waals surface area contributed by atoms with Gasteiger partial charge in [-0.1, -0.05) is 17.7 Å². The zero-order valence-corrected chi connectivity index (χ0v) is 20.5. The number of ether oxygens (including phenoxy) is 1. The van der Waals surface area contributed by atoms with Crippen molar-refractivity contribution in [2.75, 3.05) is 13.7 Å². The van der Waals surface area contributed by atoms with Gasteiger partial charge in [-0.25, -0.2) is 0 Å². The Bertz CT molecular complexity index is 1150. The van der Waals surface area contributed by atoms with Crippen molar-refractivity contribution in [1.29, 1.82) is 0 Å².